The molecular formula is C56H57N3O. The molecule has 0 amide bonds. The molecule has 0 aliphatic heterocycles. The number of hydrogen-bond donors (Lipinski definition) is 1. The molecule has 0 fully saturated rings. The second-order valence-corrected chi connectivity index (χ2v) is 18.1. The quantitative estimate of drug-likeness (QED) is 0.182. The van der Waals surface area contributed by atoms with Gasteiger partial charge in [-0.15, -0.1) is 0 Å². The lowest BCUT2D eigenvalue weighted by Gasteiger charge is -2.23. The monoisotopic (exact) mass is 797 g/mol. The van der Waals surface area contributed by atoms with Crippen molar-refractivity contribution in [2.75, 3.05) is 0 Å². The number of rotatable bonds is 6. The molecule has 8 rings (SSSR count). The van der Waals surface area contributed by atoms with Crippen LogP contribution in [0.5, 0.6) is 5.75 Å². The standard InChI is InChI=1S/C56H57N3O/c1-35-20-25-49(45(28-35)38-16-13-12-14-17-38)59-50-19-15-18-44(51(50)58-53(59)46-29-36(2)30-47(52(46)60)56(9,10)11)40-31-41(33-43(32-40)55(6,7)8)48-34-39(26-27-57-48)37-21-23-42(24-22-37)54(3,4)5/h12-34,60H,1-11H3/i3D3,4D3,5D3. The number of benzene rings is 6. The first kappa shape index (κ1) is 30.7. The molecule has 0 radical (unpaired) electrons. The summed E-state index contributed by atoms with van der Waals surface area (Å²) >= 11 is 0. The minimum Gasteiger partial charge on any atom is -0.507 e. The van der Waals surface area contributed by atoms with E-state index in [1.807, 2.05) is 49.4 Å². The normalized spacial score (nSPS) is 15.2. The number of phenolic OH excluding ortho intramolecular Hbond substituents is 1. The highest BCUT2D eigenvalue weighted by Crippen LogP contribution is 2.44. The Balaban J connectivity index is 1.33. The first-order valence-corrected chi connectivity index (χ1v) is 20.4. The van der Waals surface area contributed by atoms with Crippen LogP contribution in [-0.4, -0.2) is 19.6 Å². The van der Waals surface area contributed by atoms with Gasteiger partial charge in [0.2, 0.25) is 0 Å². The molecule has 2 heterocycles. The van der Waals surface area contributed by atoms with Crippen LogP contribution in [0.3, 0.4) is 0 Å². The lowest BCUT2D eigenvalue weighted by molar-refractivity contribution is 0.448. The van der Waals surface area contributed by atoms with Crippen LogP contribution in [0.2, 0.25) is 0 Å². The predicted molar refractivity (Wildman–Crippen MR) is 253 cm³/mol. The average molecular weight is 797 g/mol. The Hall–Kier alpha value is -6.26. The summed E-state index contributed by atoms with van der Waals surface area (Å²) in [5, 5.41) is 12.2. The van der Waals surface area contributed by atoms with Crippen molar-refractivity contribution in [1.82, 2.24) is 14.5 Å². The molecule has 2 aromatic heterocycles. The van der Waals surface area contributed by atoms with Crippen molar-refractivity contribution in [3.8, 4) is 67.5 Å². The number of para-hydroxylation sites is 1. The van der Waals surface area contributed by atoms with Crippen molar-refractivity contribution in [1.29, 1.82) is 0 Å². The summed E-state index contributed by atoms with van der Waals surface area (Å²) in [5.74, 6) is 0.787. The molecule has 0 aliphatic rings. The van der Waals surface area contributed by atoms with E-state index in [-0.39, 0.29) is 22.1 Å². The fraction of sp³-hybridized carbons (Fsp3) is 0.250. The Morgan fingerprint density at radius 2 is 1.25 bits per heavy atom. The largest absolute Gasteiger partial charge is 0.507 e. The van der Waals surface area contributed by atoms with Crippen LogP contribution in [0.1, 0.15) is 102 Å². The van der Waals surface area contributed by atoms with Crippen molar-refractivity contribution in [3.63, 3.8) is 0 Å². The molecule has 1 N–H and O–H groups in total. The van der Waals surface area contributed by atoms with Crippen molar-refractivity contribution in [2.45, 2.75) is 92.2 Å². The molecule has 302 valence electrons. The number of imidazole rings is 1. The van der Waals surface area contributed by atoms with Crippen LogP contribution in [0.15, 0.2) is 140 Å². The van der Waals surface area contributed by atoms with Gasteiger partial charge in [-0.2, -0.15) is 0 Å². The summed E-state index contributed by atoms with van der Waals surface area (Å²) < 4.78 is 75.8. The third kappa shape index (κ3) is 7.79. The second kappa shape index (κ2) is 15.1. The molecule has 0 saturated carbocycles. The van der Waals surface area contributed by atoms with Gasteiger partial charge in [0, 0.05) is 40.8 Å². The smallest absolute Gasteiger partial charge is 0.149 e. The summed E-state index contributed by atoms with van der Waals surface area (Å²) in [6.45, 7) is 6.79. The second-order valence-electron chi connectivity index (χ2n) is 18.1. The van der Waals surface area contributed by atoms with E-state index in [0.717, 1.165) is 66.8 Å². The molecule has 6 aromatic carbocycles. The van der Waals surface area contributed by atoms with E-state index >= 15 is 0 Å². The van der Waals surface area contributed by atoms with Crippen LogP contribution >= 0.6 is 0 Å². The van der Waals surface area contributed by atoms with Crippen molar-refractivity contribution in [2.24, 2.45) is 0 Å². The van der Waals surface area contributed by atoms with Gasteiger partial charge >= 0.3 is 0 Å². The SMILES string of the molecule is [2H]C([2H])([2H])C(c1ccc(-c2ccnc(-c3cc(-c4cccc5c4nc(-c4cc(C)cc(C(C)(C)C)c4O)n5-c4ccc(C)cc4-c4ccccc4)cc(C(C)(C)C)c3)c2)cc1)(C([2H])([2H])[2H])C([2H])([2H])[2H]. The van der Waals surface area contributed by atoms with E-state index in [0.29, 0.717) is 28.2 Å². The molecule has 0 atom stereocenters. The number of hydrogen-bond acceptors (Lipinski definition) is 3. The Labute approximate surface area is 369 Å². The Morgan fingerprint density at radius 3 is 1.95 bits per heavy atom. The van der Waals surface area contributed by atoms with E-state index < -0.39 is 26.0 Å². The Kier molecular flexibility index (Phi) is 7.73. The number of fused-ring (bicyclic) bond motifs is 1. The summed E-state index contributed by atoms with van der Waals surface area (Å²) in [6, 6.07) is 42.8. The number of aromatic nitrogens is 3. The maximum absolute atomic E-state index is 12.2. The minimum atomic E-state index is -3.36. The van der Waals surface area contributed by atoms with Gasteiger partial charge in [0.25, 0.3) is 0 Å². The molecule has 0 aliphatic carbocycles. The van der Waals surface area contributed by atoms with E-state index in [9.17, 15) is 5.11 Å². The number of aromatic hydroxyl groups is 1. The third-order valence-corrected chi connectivity index (χ3v) is 11.3. The van der Waals surface area contributed by atoms with Crippen molar-refractivity contribution < 1.29 is 17.4 Å². The fourth-order valence-corrected chi connectivity index (χ4v) is 8.02. The first-order chi connectivity index (χ1) is 32.1. The lowest BCUT2D eigenvalue weighted by atomic mass is 9.83. The Morgan fingerprint density at radius 1 is 0.533 bits per heavy atom. The highest BCUT2D eigenvalue weighted by molar-refractivity contribution is 5.98. The summed E-state index contributed by atoms with van der Waals surface area (Å²) in [4.78, 5) is 10.3. The maximum atomic E-state index is 12.2. The van der Waals surface area contributed by atoms with E-state index in [4.69, 9.17) is 22.3 Å². The van der Waals surface area contributed by atoms with Crippen LogP contribution < -0.4 is 0 Å². The van der Waals surface area contributed by atoms with Gasteiger partial charge in [0.1, 0.15) is 11.6 Å². The van der Waals surface area contributed by atoms with E-state index in [1.54, 1.807) is 24.4 Å². The van der Waals surface area contributed by atoms with Crippen LogP contribution in [0.25, 0.3) is 72.7 Å². The topological polar surface area (TPSA) is 50.9 Å². The molecular weight excluding hydrogens is 731 g/mol. The van der Waals surface area contributed by atoms with Crippen LogP contribution in [0, 0.1) is 13.8 Å². The van der Waals surface area contributed by atoms with Gasteiger partial charge in [-0.3, -0.25) is 9.55 Å². The fourth-order valence-electron chi connectivity index (χ4n) is 8.02. The van der Waals surface area contributed by atoms with Crippen molar-refractivity contribution in [3.05, 3.63) is 167 Å². The summed E-state index contributed by atoms with van der Waals surface area (Å²) in [5.41, 5.74) is 9.73. The Bertz CT molecular complexity index is 3190. The van der Waals surface area contributed by atoms with Gasteiger partial charge in [0.15, 0.2) is 0 Å². The van der Waals surface area contributed by atoms with Crippen LogP contribution in [-0.2, 0) is 16.2 Å². The number of nitrogens with zero attached hydrogens (tertiary/aromatic N) is 3. The molecule has 4 nitrogen and oxygen atoms in total. The van der Waals surface area contributed by atoms with E-state index in [1.165, 1.54) is 12.1 Å². The number of aryl methyl sites for hydroxylation is 2. The van der Waals surface area contributed by atoms with Crippen molar-refractivity contribution >= 4 is 11.0 Å². The molecule has 0 saturated heterocycles. The predicted octanol–water partition coefficient (Wildman–Crippen LogP) is 15.0. The van der Waals surface area contributed by atoms with Gasteiger partial charge in [-0.25, -0.2) is 4.98 Å². The zero-order valence-corrected chi connectivity index (χ0v) is 35.6. The van der Waals surface area contributed by atoms with Gasteiger partial charge in [0.05, 0.1) is 28.0 Å². The summed E-state index contributed by atoms with van der Waals surface area (Å²) in [6.07, 6.45) is 1.68. The number of pyridine rings is 1. The third-order valence-electron chi connectivity index (χ3n) is 11.3. The molecule has 8 aromatic rings. The molecule has 4 heteroatoms. The van der Waals surface area contributed by atoms with Crippen LogP contribution in [0.4, 0.5) is 0 Å². The summed E-state index contributed by atoms with van der Waals surface area (Å²) in [7, 11) is 0. The highest BCUT2D eigenvalue weighted by Gasteiger charge is 2.27. The molecule has 0 bridgehead atoms. The average Bonchev–Trinajstić information content (AvgIpc) is 3.65. The van der Waals surface area contributed by atoms with E-state index in [2.05, 4.69) is 114 Å². The van der Waals surface area contributed by atoms with Gasteiger partial charge in [-0.1, -0.05) is 153 Å². The lowest BCUT2D eigenvalue weighted by Crippen LogP contribution is -2.12. The highest BCUT2D eigenvalue weighted by atomic mass is 16.3. The zero-order valence-electron chi connectivity index (χ0n) is 44.6. The first-order valence-electron chi connectivity index (χ1n) is 24.9. The molecule has 0 spiro atoms. The zero-order chi connectivity index (χ0) is 50.2. The van der Waals surface area contributed by atoms with Gasteiger partial charge in [-0.05, 0) is 118 Å². The maximum Gasteiger partial charge on any atom is 0.149 e. The molecule has 0 unspecified atom stereocenters. The molecule has 60 heavy (non-hydrogen) atoms. The van der Waals surface area contributed by atoms with Gasteiger partial charge < -0.3 is 5.11 Å². The number of phenols is 1. The minimum absolute atomic E-state index is 0.184.